The maximum Gasteiger partial charge on any atom is 0.303 e. The Bertz CT molecular complexity index is 582. The van der Waals surface area contributed by atoms with Crippen LogP contribution in [-0.4, -0.2) is 27.9 Å². The Kier molecular flexibility index (Phi) is 10.8. The number of carboxylic acid groups (broad SMARTS) is 1. The van der Waals surface area contributed by atoms with E-state index in [4.69, 9.17) is 10.3 Å². The summed E-state index contributed by atoms with van der Waals surface area (Å²) in [5.74, 6) is -0.950. The number of amides is 1. The second-order valence-electron chi connectivity index (χ2n) is 6.44. The fourth-order valence-electron chi connectivity index (χ4n) is 2.69. The molecule has 1 amide bonds. The van der Waals surface area contributed by atoms with Crippen LogP contribution in [0.2, 0.25) is 0 Å². The molecule has 26 heavy (non-hydrogen) atoms. The molecule has 0 radical (unpaired) electrons. The minimum atomic E-state index is -0.944. The highest BCUT2D eigenvalue weighted by molar-refractivity contribution is 6.01. The highest BCUT2D eigenvalue weighted by atomic mass is 16.4. The van der Waals surface area contributed by atoms with Crippen molar-refractivity contribution in [2.24, 2.45) is 5.16 Å². The summed E-state index contributed by atoms with van der Waals surface area (Å²) in [4.78, 5) is 22.6. The molecule has 0 aliphatic carbocycles. The van der Waals surface area contributed by atoms with Gasteiger partial charge in [0.15, 0.2) is 0 Å². The quantitative estimate of drug-likeness (QED) is 0.203. The summed E-state index contributed by atoms with van der Waals surface area (Å²) in [6.07, 6.45) is 8.77. The predicted molar refractivity (Wildman–Crippen MR) is 103 cm³/mol. The number of hydrogen-bond acceptors (Lipinski definition) is 4. The number of aliphatic carboxylic acids is 1. The van der Waals surface area contributed by atoms with E-state index in [9.17, 15) is 9.59 Å². The highest BCUT2D eigenvalue weighted by Gasteiger charge is 2.08. The van der Waals surface area contributed by atoms with Crippen LogP contribution in [0.1, 0.15) is 76.7 Å². The van der Waals surface area contributed by atoms with Crippen LogP contribution in [0.4, 0.5) is 5.69 Å². The molecule has 0 bridgehead atoms. The molecular weight excluding hydrogens is 332 g/mol. The molecule has 1 aromatic carbocycles. The van der Waals surface area contributed by atoms with E-state index in [1.54, 1.807) is 24.3 Å². The number of benzene rings is 1. The lowest BCUT2D eigenvalue weighted by atomic mass is 10.1. The predicted octanol–water partition coefficient (Wildman–Crippen LogP) is 4.81. The SMILES string of the molecule is CCCCCCCCCC(=O)Nc1ccc(C(CCC(=O)O)=NO)cc1. The first-order chi connectivity index (χ1) is 12.6. The van der Waals surface area contributed by atoms with Crippen LogP contribution < -0.4 is 5.32 Å². The Balaban J connectivity index is 2.34. The van der Waals surface area contributed by atoms with Gasteiger partial charge < -0.3 is 15.6 Å². The van der Waals surface area contributed by atoms with Crippen molar-refractivity contribution in [2.45, 2.75) is 71.1 Å². The molecule has 0 unspecified atom stereocenters. The number of nitrogens with zero attached hydrogens (tertiary/aromatic N) is 1. The van der Waals surface area contributed by atoms with Crippen molar-refractivity contribution in [2.75, 3.05) is 5.32 Å². The zero-order chi connectivity index (χ0) is 19.2. The Labute approximate surface area is 155 Å². The van der Waals surface area contributed by atoms with Crippen LogP contribution in [0.5, 0.6) is 0 Å². The van der Waals surface area contributed by atoms with Gasteiger partial charge in [0.05, 0.1) is 12.1 Å². The van der Waals surface area contributed by atoms with Crippen molar-refractivity contribution < 1.29 is 19.9 Å². The number of carbonyl (C=O) groups is 2. The Morgan fingerprint density at radius 2 is 1.54 bits per heavy atom. The number of nitrogens with one attached hydrogen (secondary N) is 1. The van der Waals surface area contributed by atoms with Crippen LogP contribution in [-0.2, 0) is 9.59 Å². The molecule has 0 aliphatic rings. The number of anilines is 1. The van der Waals surface area contributed by atoms with Gasteiger partial charge in [-0.25, -0.2) is 0 Å². The molecule has 0 heterocycles. The molecule has 0 atom stereocenters. The number of unbranched alkanes of at least 4 members (excludes halogenated alkanes) is 6. The van der Waals surface area contributed by atoms with Gasteiger partial charge in [0.2, 0.25) is 5.91 Å². The molecule has 0 fully saturated rings. The monoisotopic (exact) mass is 362 g/mol. The fraction of sp³-hybridized carbons (Fsp3) is 0.550. The van der Waals surface area contributed by atoms with Crippen LogP contribution >= 0.6 is 0 Å². The molecule has 0 spiro atoms. The van der Waals surface area contributed by atoms with E-state index in [1.807, 2.05) is 0 Å². The van der Waals surface area contributed by atoms with Crippen molar-refractivity contribution in [1.29, 1.82) is 0 Å². The lowest BCUT2D eigenvalue weighted by Crippen LogP contribution is -2.11. The van der Waals surface area contributed by atoms with Gasteiger partial charge in [0.25, 0.3) is 0 Å². The van der Waals surface area contributed by atoms with E-state index in [-0.39, 0.29) is 18.7 Å². The summed E-state index contributed by atoms with van der Waals surface area (Å²) in [6.45, 7) is 2.20. The Morgan fingerprint density at radius 1 is 0.923 bits per heavy atom. The van der Waals surface area contributed by atoms with Gasteiger partial charge in [0, 0.05) is 18.5 Å². The molecule has 0 aromatic heterocycles. The zero-order valence-electron chi connectivity index (χ0n) is 15.5. The third kappa shape index (κ3) is 9.20. The minimum Gasteiger partial charge on any atom is -0.481 e. The van der Waals surface area contributed by atoms with Crippen molar-refractivity contribution in [3.8, 4) is 0 Å². The van der Waals surface area contributed by atoms with Crippen molar-refractivity contribution in [3.05, 3.63) is 29.8 Å². The van der Waals surface area contributed by atoms with Gasteiger partial charge in [-0.1, -0.05) is 62.7 Å². The van der Waals surface area contributed by atoms with E-state index < -0.39 is 5.97 Å². The topological polar surface area (TPSA) is 99.0 Å². The first-order valence-electron chi connectivity index (χ1n) is 9.39. The maximum absolute atomic E-state index is 12.0. The summed E-state index contributed by atoms with van der Waals surface area (Å²) in [6, 6.07) is 6.87. The summed E-state index contributed by atoms with van der Waals surface area (Å²) in [5.41, 5.74) is 1.63. The van der Waals surface area contributed by atoms with Crippen LogP contribution in [0.15, 0.2) is 29.4 Å². The van der Waals surface area contributed by atoms with Crippen molar-refractivity contribution in [3.63, 3.8) is 0 Å². The van der Waals surface area contributed by atoms with E-state index in [0.717, 1.165) is 12.8 Å². The zero-order valence-corrected chi connectivity index (χ0v) is 15.5. The molecule has 0 saturated carbocycles. The third-order valence-corrected chi connectivity index (χ3v) is 4.21. The Morgan fingerprint density at radius 3 is 2.12 bits per heavy atom. The largest absolute Gasteiger partial charge is 0.481 e. The smallest absolute Gasteiger partial charge is 0.303 e. The van der Waals surface area contributed by atoms with Crippen molar-refractivity contribution >= 4 is 23.3 Å². The average molecular weight is 362 g/mol. The van der Waals surface area contributed by atoms with Gasteiger partial charge in [-0.15, -0.1) is 0 Å². The van der Waals surface area contributed by atoms with E-state index >= 15 is 0 Å². The lowest BCUT2D eigenvalue weighted by molar-refractivity contribution is -0.136. The molecule has 6 heteroatoms. The van der Waals surface area contributed by atoms with Crippen LogP contribution in [0, 0.1) is 0 Å². The van der Waals surface area contributed by atoms with Gasteiger partial charge in [-0.05, 0) is 24.1 Å². The molecule has 3 N–H and O–H groups in total. The van der Waals surface area contributed by atoms with Crippen LogP contribution in [0.3, 0.4) is 0 Å². The van der Waals surface area contributed by atoms with E-state index in [2.05, 4.69) is 17.4 Å². The van der Waals surface area contributed by atoms with Gasteiger partial charge in [0.1, 0.15) is 0 Å². The number of oxime groups is 1. The molecule has 0 saturated heterocycles. The first-order valence-corrected chi connectivity index (χ1v) is 9.39. The molecule has 1 rings (SSSR count). The van der Waals surface area contributed by atoms with Gasteiger partial charge >= 0.3 is 5.97 Å². The Hall–Kier alpha value is -2.37. The molecule has 6 nitrogen and oxygen atoms in total. The molecule has 1 aromatic rings. The maximum atomic E-state index is 12.0. The summed E-state index contributed by atoms with van der Waals surface area (Å²) >= 11 is 0. The minimum absolute atomic E-state index is 0.00626. The molecule has 0 aliphatic heterocycles. The fourth-order valence-corrected chi connectivity index (χ4v) is 2.69. The second kappa shape index (κ2) is 12.9. The number of carboxylic acids is 1. The van der Waals surface area contributed by atoms with E-state index in [0.29, 0.717) is 23.4 Å². The number of hydrogen-bond donors (Lipinski definition) is 3. The van der Waals surface area contributed by atoms with E-state index in [1.165, 1.54) is 32.1 Å². The molecular formula is C20H30N2O4. The third-order valence-electron chi connectivity index (χ3n) is 4.21. The molecule has 144 valence electrons. The average Bonchev–Trinajstić information content (AvgIpc) is 2.62. The normalized spacial score (nSPS) is 11.3. The lowest BCUT2D eigenvalue weighted by Gasteiger charge is -2.07. The summed E-state index contributed by atoms with van der Waals surface area (Å²) in [5, 5.41) is 23.7. The first kappa shape index (κ1) is 21.7. The van der Waals surface area contributed by atoms with Crippen LogP contribution in [0.25, 0.3) is 0 Å². The van der Waals surface area contributed by atoms with Crippen molar-refractivity contribution in [1.82, 2.24) is 0 Å². The van der Waals surface area contributed by atoms with Gasteiger partial charge in [-0.2, -0.15) is 0 Å². The standard InChI is InChI=1S/C20H30N2O4/c1-2-3-4-5-6-7-8-9-19(23)21-17-12-10-16(11-13-17)18(22-26)14-15-20(24)25/h10-13,26H,2-9,14-15H2,1H3,(H,21,23)(H,24,25). The van der Waals surface area contributed by atoms with Gasteiger partial charge in [-0.3, -0.25) is 9.59 Å². The summed E-state index contributed by atoms with van der Waals surface area (Å²) < 4.78 is 0. The number of rotatable bonds is 13. The summed E-state index contributed by atoms with van der Waals surface area (Å²) in [7, 11) is 0. The highest BCUT2D eigenvalue weighted by Crippen LogP contribution is 2.14. The second-order valence-corrected chi connectivity index (χ2v) is 6.44. The number of carbonyl (C=O) groups excluding carboxylic acids is 1.